The van der Waals surface area contributed by atoms with E-state index in [2.05, 4.69) is 0 Å². The molecule has 0 saturated carbocycles. The molecule has 3 heteroatoms. The summed E-state index contributed by atoms with van der Waals surface area (Å²) in [5.74, 6) is 0. The molecular weight excluding hydrogens is 95.0 g/mol. The third-order valence-corrected chi connectivity index (χ3v) is 0. The van der Waals surface area contributed by atoms with E-state index in [1.165, 1.54) is 0 Å². The molecule has 0 aromatic heterocycles. The summed E-state index contributed by atoms with van der Waals surface area (Å²) in [6.07, 6.45) is 0. The van der Waals surface area contributed by atoms with Gasteiger partial charge in [-0.15, -0.1) is 0 Å². The predicted molar refractivity (Wildman–Crippen MR) is 7.79 cm³/mol. The quantitative estimate of drug-likeness (QED) is 0.406. The van der Waals surface area contributed by atoms with Crippen LogP contribution in [0.5, 0.6) is 0 Å². The molecule has 0 aromatic rings. The summed E-state index contributed by atoms with van der Waals surface area (Å²) in [4.78, 5) is 0. The first kappa shape index (κ1) is 8.89. The second-order valence-corrected chi connectivity index (χ2v) is 0.307. The minimum atomic E-state index is -1.81. The van der Waals surface area contributed by atoms with Gasteiger partial charge in [0.05, 0.1) is 0 Å². The Labute approximate surface area is 31.7 Å². The standard InChI is InChI=1S/CH3.2O.V/h1H3;;;/q-1;;;. The van der Waals surface area contributed by atoms with Gasteiger partial charge in [0.15, 0.2) is 0 Å². The molecule has 0 aliphatic heterocycles. The van der Waals surface area contributed by atoms with Crippen molar-refractivity contribution in [3.05, 3.63) is 7.43 Å². The van der Waals surface area contributed by atoms with Gasteiger partial charge in [0.2, 0.25) is 0 Å². The first-order chi connectivity index (χ1) is 1.41. The monoisotopic (exact) mass is 98.0 g/mol. The van der Waals surface area contributed by atoms with Crippen molar-refractivity contribution in [2.24, 2.45) is 0 Å². The summed E-state index contributed by atoms with van der Waals surface area (Å²) in [6.45, 7) is 0. The van der Waals surface area contributed by atoms with Gasteiger partial charge in [0.25, 0.3) is 0 Å². The molecule has 0 aliphatic carbocycles. The maximum atomic E-state index is 8.47. The van der Waals surface area contributed by atoms with Crippen LogP contribution in [0.25, 0.3) is 0 Å². The van der Waals surface area contributed by atoms with Crippen molar-refractivity contribution in [2.45, 2.75) is 0 Å². The number of hydrogen-bond donors (Lipinski definition) is 0. The molecule has 0 spiro atoms. The van der Waals surface area contributed by atoms with E-state index < -0.39 is 16.2 Å². The Morgan fingerprint density at radius 3 is 1.25 bits per heavy atom. The molecule has 0 fully saturated rings. The van der Waals surface area contributed by atoms with E-state index in [0.29, 0.717) is 0 Å². The Balaban J connectivity index is 0. The first-order valence-electron chi connectivity index (χ1n) is 0.365. The molecule has 0 aliphatic rings. The van der Waals surface area contributed by atoms with E-state index in [1.54, 1.807) is 0 Å². The second kappa shape index (κ2) is 10.8. The van der Waals surface area contributed by atoms with Gasteiger partial charge in [-0.05, 0) is 0 Å². The second-order valence-electron chi connectivity index (χ2n) is 0.0745. The molecule has 0 bridgehead atoms. The molecule has 0 aromatic carbocycles. The molecule has 0 saturated heterocycles. The molecule has 0 atom stereocenters. The van der Waals surface area contributed by atoms with Crippen LogP contribution in [0.3, 0.4) is 0 Å². The summed E-state index contributed by atoms with van der Waals surface area (Å²) >= 11 is -1.81. The topological polar surface area (TPSA) is 34.1 Å². The average molecular weight is 98.0 g/mol. The Hall–Kier alpha value is 0.184. The summed E-state index contributed by atoms with van der Waals surface area (Å²) in [6, 6.07) is 0. The van der Waals surface area contributed by atoms with Gasteiger partial charge in [0, 0.05) is 0 Å². The average Bonchev–Trinajstić information content (AvgIpc) is 0.918. The van der Waals surface area contributed by atoms with E-state index in [9.17, 15) is 0 Å². The Bertz CT molecular complexity index is 27.0. The van der Waals surface area contributed by atoms with Crippen LogP contribution in [-0.2, 0) is 23.5 Å². The molecule has 0 N–H and O–H groups in total. The summed E-state index contributed by atoms with van der Waals surface area (Å²) in [5.41, 5.74) is 0. The molecule has 0 amide bonds. The van der Waals surface area contributed by atoms with Gasteiger partial charge in [-0.2, -0.15) is 0 Å². The van der Waals surface area contributed by atoms with E-state index in [-0.39, 0.29) is 7.43 Å². The fourth-order valence-corrected chi connectivity index (χ4v) is 0. The minimum absolute atomic E-state index is 0. The van der Waals surface area contributed by atoms with Crippen LogP contribution in [0, 0.1) is 7.43 Å². The zero-order chi connectivity index (χ0) is 2.71. The molecule has 4 heavy (non-hydrogen) atoms. The third-order valence-electron chi connectivity index (χ3n) is 0. The Morgan fingerprint density at radius 1 is 1.25 bits per heavy atom. The van der Waals surface area contributed by atoms with Gasteiger partial charge < -0.3 is 7.43 Å². The van der Waals surface area contributed by atoms with Gasteiger partial charge in [-0.1, -0.05) is 0 Å². The Morgan fingerprint density at radius 2 is 1.25 bits per heavy atom. The first-order valence-corrected chi connectivity index (χ1v) is 1.51. The van der Waals surface area contributed by atoms with Crippen LogP contribution in [0.2, 0.25) is 0 Å². The number of hydrogen-bond acceptors (Lipinski definition) is 2. The van der Waals surface area contributed by atoms with E-state index in [0.717, 1.165) is 0 Å². The predicted octanol–water partition coefficient (Wildman–Crippen LogP) is 0.210. The molecule has 0 radical (unpaired) electrons. The molecule has 25 valence electrons. The summed E-state index contributed by atoms with van der Waals surface area (Å²) < 4.78 is 16.9. The fraction of sp³-hybridized carbons (Fsp3) is 0. The van der Waals surface area contributed by atoms with E-state index >= 15 is 0 Å². The SMILES string of the molecule is [CH3-].[O]=[V]=[O]. The van der Waals surface area contributed by atoms with Crippen LogP contribution >= 0.6 is 0 Å². The maximum absolute atomic E-state index is 8.47. The normalized spacial score (nSPS) is 2.00. The van der Waals surface area contributed by atoms with Crippen molar-refractivity contribution in [3.63, 3.8) is 0 Å². The van der Waals surface area contributed by atoms with Crippen molar-refractivity contribution >= 4 is 0 Å². The van der Waals surface area contributed by atoms with Gasteiger partial charge in [-0.25, -0.2) is 0 Å². The zero-order valence-corrected chi connectivity index (χ0v) is 3.66. The van der Waals surface area contributed by atoms with Crippen molar-refractivity contribution in [1.82, 2.24) is 0 Å². The van der Waals surface area contributed by atoms with Crippen LogP contribution in [0.15, 0.2) is 0 Å². The number of rotatable bonds is 0. The molecule has 0 rings (SSSR count). The zero-order valence-electron chi connectivity index (χ0n) is 2.26. The third kappa shape index (κ3) is 90.1. The molecule has 0 heterocycles. The fourth-order valence-electron chi connectivity index (χ4n) is 0. The van der Waals surface area contributed by atoms with E-state index in [1.807, 2.05) is 0 Å². The van der Waals surface area contributed by atoms with Crippen molar-refractivity contribution < 1.29 is 23.5 Å². The van der Waals surface area contributed by atoms with Crippen molar-refractivity contribution in [2.75, 3.05) is 0 Å². The Kier molecular flexibility index (Phi) is 24.1. The molecular formula is CH3O2V-. The molecule has 2 nitrogen and oxygen atoms in total. The summed E-state index contributed by atoms with van der Waals surface area (Å²) in [7, 11) is 0. The van der Waals surface area contributed by atoms with Gasteiger partial charge in [-0.3, -0.25) is 0 Å². The van der Waals surface area contributed by atoms with Gasteiger partial charge >= 0.3 is 23.5 Å². The van der Waals surface area contributed by atoms with E-state index in [4.69, 9.17) is 7.35 Å². The van der Waals surface area contributed by atoms with Gasteiger partial charge in [0.1, 0.15) is 0 Å². The van der Waals surface area contributed by atoms with Crippen LogP contribution in [0.1, 0.15) is 0 Å². The van der Waals surface area contributed by atoms with Crippen LogP contribution in [0.4, 0.5) is 0 Å². The van der Waals surface area contributed by atoms with Crippen molar-refractivity contribution in [3.8, 4) is 0 Å². The van der Waals surface area contributed by atoms with Crippen LogP contribution in [-0.4, -0.2) is 0 Å². The molecule has 0 unspecified atom stereocenters. The summed E-state index contributed by atoms with van der Waals surface area (Å²) in [5, 5.41) is 0. The van der Waals surface area contributed by atoms with Crippen LogP contribution < -0.4 is 0 Å². The van der Waals surface area contributed by atoms with Crippen molar-refractivity contribution in [1.29, 1.82) is 0 Å².